The fourth-order valence-electron chi connectivity index (χ4n) is 2.31. The molecule has 24 heavy (non-hydrogen) atoms. The highest BCUT2D eigenvalue weighted by Crippen LogP contribution is 2.36. The van der Waals surface area contributed by atoms with E-state index in [1.807, 2.05) is 18.2 Å². The third-order valence-electron chi connectivity index (χ3n) is 3.55. The van der Waals surface area contributed by atoms with Gasteiger partial charge in [0.1, 0.15) is 5.01 Å². The highest BCUT2D eigenvalue weighted by atomic mass is 32.1. The summed E-state index contributed by atoms with van der Waals surface area (Å²) in [6, 6.07) is 5.93. The number of thiazole rings is 1. The van der Waals surface area contributed by atoms with E-state index < -0.39 is 0 Å². The lowest BCUT2D eigenvalue weighted by Crippen LogP contribution is -2.17. The zero-order valence-electron chi connectivity index (χ0n) is 13.7. The molecule has 0 spiro atoms. The molecule has 6 nitrogen and oxygen atoms in total. The number of benzene rings is 1. The summed E-state index contributed by atoms with van der Waals surface area (Å²) in [5.41, 5.74) is 2.11. The van der Waals surface area contributed by atoms with Gasteiger partial charge >= 0.3 is 0 Å². The molecule has 0 fully saturated rings. The molecule has 1 aromatic heterocycles. The minimum absolute atomic E-state index is 0.293. The largest absolute Gasteiger partial charge is 0.454 e. The maximum atomic E-state index is 5.42. The fraction of sp³-hybridized carbons (Fsp3) is 0.471. The van der Waals surface area contributed by atoms with Crippen molar-refractivity contribution in [3.63, 3.8) is 0 Å². The summed E-state index contributed by atoms with van der Waals surface area (Å²) in [4.78, 5) is 4.68. The Morgan fingerprint density at radius 2 is 2.12 bits per heavy atom. The zero-order valence-corrected chi connectivity index (χ0v) is 14.6. The molecule has 1 aliphatic heterocycles. The summed E-state index contributed by atoms with van der Waals surface area (Å²) in [5, 5.41) is 6.47. The van der Waals surface area contributed by atoms with Crippen molar-refractivity contribution in [2.45, 2.75) is 13.0 Å². The number of hydrogen-bond donors (Lipinski definition) is 1. The molecule has 1 aromatic carbocycles. The molecule has 1 N–H and O–H groups in total. The van der Waals surface area contributed by atoms with Crippen LogP contribution in [0.15, 0.2) is 23.6 Å². The van der Waals surface area contributed by atoms with Crippen LogP contribution in [0, 0.1) is 0 Å². The van der Waals surface area contributed by atoms with Gasteiger partial charge in [-0.2, -0.15) is 0 Å². The monoisotopic (exact) mass is 350 g/mol. The lowest BCUT2D eigenvalue weighted by molar-refractivity contribution is 0.0694. The molecule has 0 atom stereocenters. The van der Waals surface area contributed by atoms with Gasteiger partial charge in [0.15, 0.2) is 11.5 Å². The van der Waals surface area contributed by atoms with E-state index in [1.165, 1.54) is 0 Å². The van der Waals surface area contributed by atoms with Crippen LogP contribution < -0.4 is 14.8 Å². The number of nitrogens with one attached hydrogen (secondary N) is 1. The Kier molecular flexibility index (Phi) is 6.42. The number of nitrogens with zero attached hydrogens (tertiary/aromatic N) is 1. The van der Waals surface area contributed by atoms with E-state index in [1.54, 1.807) is 18.4 Å². The van der Waals surface area contributed by atoms with Crippen molar-refractivity contribution in [1.82, 2.24) is 10.3 Å². The first-order chi connectivity index (χ1) is 11.9. The van der Waals surface area contributed by atoms with Crippen LogP contribution in [0.1, 0.15) is 12.1 Å². The van der Waals surface area contributed by atoms with E-state index in [0.717, 1.165) is 53.9 Å². The Bertz CT molecular complexity index is 647. The first-order valence-electron chi connectivity index (χ1n) is 7.98. The summed E-state index contributed by atoms with van der Waals surface area (Å²) in [7, 11) is 1.68. The van der Waals surface area contributed by atoms with Gasteiger partial charge < -0.3 is 24.3 Å². The molecular formula is C17H22N2O4S. The molecule has 0 saturated heterocycles. The summed E-state index contributed by atoms with van der Waals surface area (Å²) in [6.45, 7) is 4.01. The predicted octanol–water partition coefficient (Wildman–Crippen LogP) is 2.68. The van der Waals surface area contributed by atoms with Crippen molar-refractivity contribution in [2.75, 3.05) is 40.3 Å². The summed E-state index contributed by atoms with van der Waals surface area (Å²) < 4.78 is 21.1. The van der Waals surface area contributed by atoms with Crippen LogP contribution in [0.3, 0.4) is 0 Å². The third-order valence-corrected chi connectivity index (χ3v) is 4.49. The van der Waals surface area contributed by atoms with Gasteiger partial charge in [0.2, 0.25) is 6.79 Å². The summed E-state index contributed by atoms with van der Waals surface area (Å²) >= 11 is 1.64. The Hall–Kier alpha value is -1.67. The lowest BCUT2D eigenvalue weighted by atomic mass is 10.2. The topological polar surface area (TPSA) is 61.8 Å². The van der Waals surface area contributed by atoms with E-state index >= 15 is 0 Å². The standard InChI is InChI=1S/C17H22N2O4S/c1-20-7-8-21-6-2-5-18-10-14-11-24-17(19-14)13-3-4-15-16(9-13)23-12-22-15/h3-4,9,11,18H,2,5-8,10,12H2,1H3. The van der Waals surface area contributed by atoms with Gasteiger partial charge in [-0.3, -0.25) is 0 Å². The minimum Gasteiger partial charge on any atom is -0.454 e. The van der Waals surface area contributed by atoms with Gasteiger partial charge in [0.05, 0.1) is 18.9 Å². The first kappa shape index (κ1) is 17.2. The van der Waals surface area contributed by atoms with Crippen molar-refractivity contribution >= 4 is 11.3 Å². The van der Waals surface area contributed by atoms with Crippen LogP contribution in [-0.4, -0.2) is 45.3 Å². The molecule has 2 aromatic rings. The number of aromatic nitrogens is 1. The quantitative estimate of drug-likeness (QED) is 0.665. The summed E-state index contributed by atoms with van der Waals surface area (Å²) in [6.07, 6.45) is 0.975. The molecule has 0 radical (unpaired) electrons. The summed E-state index contributed by atoms with van der Waals surface area (Å²) in [5.74, 6) is 1.58. The van der Waals surface area contributed by atoms with Crippen molar-refractivity contribution in [1.29, 1.82) is 0 Å². The molecule has 0 amide bonds. The molecule has 2 heterocycles. The van der Waals surface area contributed by atoms with Gasteiger partial charge in [0.25, 0.3) is 0 Å². The van der Waals surface area contributed by atoms with Crippen LogP contribution in [0.5, 0.6) is 11.5 Å². The smallest absolute Gasteiger partial charge is 0.231 e. The van der Waals surface area contributed by atoms with E-state index in [4.69, 9.17) is 18.9 Å². The van der Waals surface area contributed by atoms with E-state index in [-0.39, 0.29) is 0 Å². The molecule has 0 saturated carbocycles. The normalized spacial score (nSPS) is 12.7. The molecule has 3 rings (SSSR count). The predicted molar refractivity (Wildman–Crippen MR) is 92.7 cm³/mol. The SMILES string of the molecule is COCCOCCCNCc1csc(-c2ccc3c(c2)OCO3)n1. The fourth-order valence-corrected chi connectivity index (χ4v) is 3.13. The van der Waals surface area contributed by atoms with Gasteiger partial charge in [0, 0.05) is 31.2 Å². The van der Waals surface area contributed by atoms with E-state index in [2.05, 4.69) is 15.7 Å². The van der Waals surface area contributed by atoms with Gasteiger partial charge in [-0.25, -0.2) is 4.98 Å². The van der Waals surface area contributed by atoms with Crippen molar-refractivity contribution in [2.24, 2.45) is 0 Å². The number of ether oxygens (including phenoxy) is 4. The second-order valence-corrected chi connectivity index (χ2v) is 6.21. The number of hydrogen-bond acceptors (Lipinski definition) is 7. The first-order valence-corrected chi connectivity index (χ1v) is 8.86. The number of fused-ring (bicyclic) bond motifs is 1. The Labute approximate surface area is 145 Å². The van der Waals surface area contributed by atoms with Gasteiger partial charge in [-0.05, 0) is 31.2 Å². The Balaban J connectivity index is 1.41. The van der Waals surface area contributed by atoms with E-state index in [9.17, 15) is 0 Å². The van der Waals surface area contributed by atoms with Crippen molar-refractivity contribution in [3.8, 4) is 22.1 Å². The molecule has 0 bridgehead atoms. The molecular weight excluding hydrogens is 328 g/mol. The number of methoxy groups -OCH3 is 1. The van der Waals surface area contributed by atoms with Crippen LogP contribution >= 0.6 is 11.3 Å². The molecule has 0 unspecified atom stereocenters. The van der Waals surface area contributed by atoms with Crippen LogP contribution in [-0.2, 0) is 16.0 Å². The third kappa shape index (κ3) is 4.67. The highest BCUT2D eigenvalue weighted by Gasteiger charge is 2.15. The minimum atomic E-state index is 0.293. The molecule has 1 aliphatic rings. The average Bonchev–Trinajstić information content (AvgIpc) is 3.25. The second kappa shape index (κ2) is 8.98. The van der Waals surface area contributed by atoms with Crippen molar-refractivity contribution in [3.05, 3.63) is 29.3 Å². The van der Waals surface area contributed by atoms with Gasteiger partial charge in [-0.1, -0.05) is 0 Å². The zero-order chi connectivity index (χ0) is 16.6. The van der Waals surface area contributed by atoms with E-state index in [0.29, 0.717) is 20.0 Å². The van der Waals surface area contributed by atoms with Crippen LogP contribution in [0.2, 0.25) is 0 Å². The Morgan fingerprint density at radius 3 is 3.04 bits per heavy atom. The van der Waals surface area contributed by atoms with Gasteiger partial charge in [-0.15, -0.1) is 11.3 Å². The maximum Gasteiger partial charge on any atom is 0.231 e. The van der Waals surface area contributed by atoms with Crippen molar-refractivity contribution < 1.29 is 18.9 Å². The second-order valence-electron chi connectivity index (χ2n) is 5.35. The average molecular weight is 350 g/mol. The maximum absolute atomic E-state index is 5.42. The molecule has 7 heteroatoms. The lowest BCUT2D eigenvalue weighted by Gasteiger charge is -2.04. The number of rotatable bonds is 10. The van der Waals surface area contributed by atoms with Crippen LogP contribution in [0.4, 0.5) is 0 Å². The highest BCUT2D eigenvalue weighted by molar-refractivity contribution is 7.13. The molecule has 0 aliphatic carbocycles. The molecule has 130 valence electrons. The van der Waals surface area contributed by atoms with Crippen LogP contribution in [0.25, 0.3) is 10.6 Å². The Morgan fingerprint density at radius 1 is 1.21 bits per heavy atom.